The maximum atomic E-state index is 12.0. The van der Waals surface area contributed by atoms with E-state index in [9.17, 15) is 4.79 Å². The average molecular weight is 404 g/mol. The molecule has 4 rings (SSSR count). The summed E-state index contributed by atoms with van der Waals surface area (Å²) < 4.78 is 12.2. The van der Waals surface area contributed by atoms with Gasteiger partial charge in [-0.05, 0) is 35.9 Å². The lowest BCUT2D eigenvalue weighted by molar-refractivity contribution is 0.0963. The largest absolute Gasteiger partial charge is 0.491 e. The van der Waals surface area contributed by atoms with Crippen LogP contribution in [0, 0.1) is 0 Å². The first-order valence-corrected chi connectivity index (χ1v) is 9.15. The van der Waals surface area contributed by atoms with Crippen molar-refractivity contribution in [3.8, 4) is 22.8 Å². The van der Waals surface area contributed by atoms with Gasteiger partial charge in [0, 0.05) is 24.4 Å². The molecule has 0 fully saturated rings. The average Bonchev–Trinajstić information content (AvgIpc) is 3.27. The standard InChI is InChI=1S/C21H20N6O3/c1-22-20(28)14-6-4-5-13(9-14)15-10-16(19-23-12-24-27(19)11-15)25-18-8-7-17(29-2)21(26-18)30-3/h4-12H,1-3H3,(H,22,28)(H,25,26). The van der Waals surface area contributed by atoms with Crippen LogP contribution in [0.4, 0.5) is 11.5 Å². The van der Waals surface area contributed by atoms with Gasteiger partial charge in [0.2, 0.25) is 0 Å². The summed E-state index contributed by atoms with van der Waals surface area (Å²) in [6.45, 7) is 0. The first-order chi connectivity index (χ1) is 14.6. The molecular weight excluding hydrogens is 384 g/mol. The van der Waals surface area contributed by atoms with Gasteiger partial charge < -0.3 is 20.1 Å². The first kappa shape index (κ1) is 19.2. The number of pyridine rings is 2. The van der Waals surface area contributed by atoms with Crippen LogP contribution in [0.1, 0.15) is 10.4 Å². The number of nitrogens with zero attached hydrogens (tertiary/aromatic N) is 4. The monoisotopic (exact) mass is 404 g/mol. The molecule has 0 unspecified atom stereocenters. The molecule has 1 amide bonds. The second-order valence-electron chi connectivity index (χ2n) is 6.36. The fraction of sp³-hybridized carbons (Fsp3) is 0.143. The molecule has 0 spiro atoms. The molecule has 0 aliphatic carbocycles. The third-order valence-corrected chi connectivity index (χ3v) is 4.56. The third-order valence-electron chi connectivity index (χ3n) is 4.56. The number of fused-ring (bicyclic) bond motifs is 1. The zero-order valence-corrected chi connectivity index (χ0v) is 16.7. The molecular formula is C21H20N6O3. The summed E-state index contributed by atoms with van der Waals surface area (Å²) in [4.78, 5) is 20.8. The second kappa shape index (κ2) is 8.08. The van der Waals surface area contributed by atoms with Crippen LogP contribution < -0.4 is 20.1 Å². The van der Waals surface area contributed by atoms with Gasteiger partial charge in [-0.2, -0.15) is 10.1 Å². The van der Waals surface area contributed by atoms with Gasteiger partial charge >= 0.3 is 0 Å². The van der Waals surface area contributed by atoms with Crippen molar-refractivity contribution in [1.82, 2.24) is 24.9 Å². The number of rotatable bonds is 6. The zero-order chi connectivity index (χ0) is 21.1. The van der Waals surface area contributed by atoms with Gasteiger partial charge in [-0.15, -0.1) is 0 Å². The Morgan fingerprint density at radius 1 is 1.07 bits per heavy atom. The van der Waals surface area contributed by atoms with E-state index in [4.69, 9.17) is 9.47 Å². The lowest BCUT2D eigenvalue weighted by Gasteiger charge is -2.12. The fourth-order valence-corrected chi connectivity index (χ4v) is 3.10. The highest BCUT2D eigenvalue weighted by molar-refractivity contribution is 5.95. The molecule has 0 atom stereocenters. The van der Waals surface area contributed by atoms with E-state index in [1.807, 2.05) is 30.5 Å². The van der Waals surface area contributed by atoms with Crippen LogP contribution in [-0.2, 0) is 0 Å². The molecule has 0 saturated carbocycles. The molecule has 0 aliphatic rings. The number of hydrogen-bond donors (Lipinski definition) is 2. The lowest BCUT2D eigenvalue weighted by Crippen LogP contribution is -2.17. The summed E-state index contributed by atoms with van der Waals surface area (Å²) >= 11 is 0. The second-order valence-corrected chi connectivity index (χ2v) is 6.36. The summed E-state index contributed by atoms with van der Waals surface area (Å²) in [5.41, 5.74) is 3.65. The van der Waals surface area contributed by atoms with Gasteiger partial charge in [-0.1, -0.05) is 12.1 Å². The first-order valence-electron chi connectivity index (χ1n) is 9.15. The van der Waals surface area contributed by atoms with Crippen LogP contribution in [0.15, 0.2) is 55.0 Å². The Hall–Kier alpha value is -4.14. The smallest absolute Gasteiger partial charge is 0.258 e. The van der Waals surface area contributed by atoms with E-state index in [2.05, 4.69) is 25.7 Å². The Morgan fingerprint density at radius 3 is 2.70 bits per heavy atom. The van der Waals surface area contributed by atoms with E-state index in [1.54, 1.807) is 36.9 Å². The Morgan fingerprint density at radius 2 is 1.93 bits per heavy atom. The van der Waals surface area contributed by atoms with Crippen molar-refractivity contribution < 1.29 is 14.3 Å². The number of methoxy groups -OCH3 is 2. The molecule has 9 nitrogen and oxygen atoms in total. The molecule has 9 heteroatoms. The number of carbonyl (C=O) groups is 1. The molecule has 0 saturated heterocycles. The minimum atomic E-state index is -0.147. The van der Waals surface area contributed by atoms with Crippen LogP contribution in [-0.4, -0.2) is 46.8 Å². The van der Waals surface area contributed by atoms with E-state index in [0.717, 1.165) is 11.1 Å². The highest BCUT2D eigenvalue weighted by Crippen LogP contribution is 2.30. The molecule has 2 N–H and O–H groups in total. The lowest BCUT2D eigenvalue weighted by atomic mass is 10.0. The van der Waals surface area contributed by atoms with E-state index in [1.165, 1.54) is 13.4 Å². The summed E-state index contributed by atoms with van der Waals surface area (Å²) in [5.74, 6) is 1.32. The van der Waals surface area contributed by atoms with Crippen molar-refractivity contribution in [2.24, 2.45) is 0 Å². The Kier molecular flexibility index (Phi) is 5.17. The van der Waals surface area contributed by atoms with E-state index < -0.39 is 0 Å². The fourth-order valence-electron chi connectivity index (χ4n) is 3.10. The summed E-state index contributed by atoms with van der Waals surface area (Å²) in [6.07, 6.45) is 3.34. The molecule has 0 bridgehead atoms. The SMILES string of the molecule is CNC(=O)c1cccc(-c2cc(Nc3ccc(OC)c(OC)n3)c3ncnn3c2)c1. The van der Waals surface area contributed by atoms with E-state index in [-0.39, 0.29) is 5.91 Å². The summed E-state index contributed by atoms with van der Waals surface area (Å²) in [5, 5.41) is 10.2. The predicted octanol–water partition coefficient (Wildman–Crippen LogP) is 2.91. The molecule has 4 aromatic rings. The van der Waals surface area contributed by atoms with Crippen molar-refractivity contribution in [2.45, 2.75) is 0 Å². The van der Waals surface area contributed by atoms with Crippen molar-refractivity contribution >= 4 is 23.1 Å². The zero-order valence-electron chi connectivity index (χ0n) is 16.7. The number of nitrogens with one attached hydrogen (secondary N) is 2. The van der Waals surface area contributed by atoms with Gasteiger partial charge in [0.1, 0.15) is 12.1 Å². The molecule has 30 heavy (non-hydrogen) atoms. The Balaban J connectivity index is 1.77. The van der Waals surface area contributed by atoms with Gasteiger partial charge in [-0.25, -0.2) is 9.50 Å². The van der Waals surface area contributed by atoms with Gasteiger partial charge in [-0.3, -0.25) is 4.79 Å². The molecule has 0 aliphatic heterocycles. The Labute approximate surface area is 172 Å². The number of benzene rings is 1. The van der Waals surface area contributed by atoms with Gasteiger partial charge in [0.15, 0.2) is 11.4 Å². The van der Waals surface area contributed by atoms with Crippen molar-refractivity contribution in [1.29, 1.82) is 0 Å². The number of carbonyl (C=O) groups excluding carboxylic acids is 1. The highest BCUT2D eigenvalue weighted by Gasteiger charge is 2.12. The Bertz CT molecular complexity index is 1220. The number of ether oxygens (including phenoxy) is 2. The van der Waals surface area contributed by atoms with E-state index in [0.29, 0.717) is 34.3 Å². The maximum absolute atomic E-state index is 12.0. The molecule has 152 valence electrons. The summed E-state index contributed by atoms with van der Waals surface area (Å²) in [6, 6.07) is 12.9. The van der Waals surface area contributed by atoms with Gasteiger partial charge in [0.25, 0.3) is 11.8 Å². The summed E-state index contributed by atoms with van der Waals surface area (Å²) in [7, 11) is 4.70. The van der Waals surface area contributed by atoms with Crippen molar-refractivity contribution in [3.05, 3.63) is 60.6 Å². The number of amides is 1. The minimum Gasteiger partial charge on any atom is -0.491 e. The van der Waals surface area contributed by atoms with Crippen molar-refractivity contribution in [3.63, 3.8) is 0 Å². The number of hydrogen-bond acceptors (Lipinski definition) is 7. The van der Waals surface area contributed by atoms with Crippen LogP contribution in [0.3, 0.4) is 0 Å². The van der Waals surface area contributed by atoms with E-state index >= 15 is 0 Å². The minimum absolute atomic E-state index is 0.147. The normalized spacial score (nSPS) is 10.6. The number of anilines is 2. The highest BCUT2D eigenvalue weighted by atomic mass is 16.5. The predicted molar refractivity (Wildman–Crippen MR) is 112 cm³/mol. The van der Waals surface area contributed by atoms with Crippen LogP contribution in [0.2, 0.25) is 0 Å². The van der Waals surface area contributed by atoms with Gasteiger partial charge in [0.05, 0.1) is 19.9 Å². The molecule has 3 heterocycles. The maximum Gasteiger partial charge on any atom is 0.258 e. The molecule has 3 aromatic heterocycles. The molecule has 0 radical (unpaired) electrons. The third kappa shape index (κ3) is 3.60. The van der Waals surface area contributed by atoms with Crippen LogP contribution in [0.5, 0.6) is 11.6 Å². The molecule has 1 aromatic carbocycles. The number of aromatic nitrogens is 4. The topological polar surface area (TPSA) is 103 Å². The quantitative estimate of drug-likeness (QED) is 0.509. The van der Waals surface area contributed by atoms with Crippen LogP contribution >= 0.6 is 0 Å². The van der Waals surface area contributed by atoms with Crippen molar-refractivity contribution in [2.75, 3.05) is 26.6 Å². The van der Waals surface area contributed by atoms with Crippen LogP contribution in [0.25, 0.3) is 16.8 Å².